The van der Waals surface area contributed by atoms with E-state index in [1.54, 1.807) is 0 Å². The molecule has 4 N–H and O–H groups in total. The first-order chi connectivity index (χ1) is 9.85. The van der Waals surface area contributed by atoms with Crippen molar-refractivity contribution in [1.82, 2.24) is 9.55 Å². The third-order valence-corrected chi connectivity index (χ3v) is 3.36. The highest BCUT2D eigenvalue weighted by atomic mass is 35.5. The number of aliphatic hydroxyl groups is 2. The van der Waals surface area contributed by atoms with Crippen molar-refractivity contribution in [2.45, 2.75) is 31.0 Å². The second-order valence-electron chi connectivity index (χ2n) is 4.62. The Balaban J connectivity index is 2.61. The number of aliphatic hydroxyl groups excluding tert-OH is 2. The van der Waals surface area contributed by atoms with Crippen LogP contribution in [0, 0.1) is 18.2 Å². The van der Waals surface area contributed by atoms with E-state index in [9.17, 15) is 14.3 Å². The van der Waals surface area contributed by atoms with Crippen molar-refractivity contribution in [3.8, 4) is 11.3 Å². The molecule has 21 heavy (non-hydrogen) atoms. The van der Waals surface area contributed by atoms with Crippen molar-refractivity contribution in [2.24, 2.45) is 0 Å². The average molecular weight is 318 g/mol. The van der Waals surface area contributed by atoms with Gasteiger partial charge in [0.2, 0.25) is 5.67 Å². The molecule has 0 spiro atoms. The third-order valence-electron chi connectivity index (χ3n) is 3.27. The number of anilines is 1. The molecular weight excluding hydrogens is 305 g/mol. The van der Waals surface area contributed by atoms with Crippen molar-refractivity contribution in [2.75, 3.05) is 12.3 Å². The number of hydrogen-bond donors (Lipinski definition) is 3. The summed E-state index contributed by atoms with van der Waals surface area (Å²) in [5.74, 6) is 1.97. The monoisotopic (exact) mass is 317 g/mol. The lowest BCUT2D eigenvalue weighted by Gasteiger charge is -2.25. The van der Waals surface area contributed by atoms with Crippen LogP contribution in [0.15, 0.2) is 10.9 Å². The molecule has 1 unspecified atom stereocenters. The number of nitrogens with zero attached hydrogens (tertiary/aromatic N) is 2. The molecule has 7 nitrogen and oxygen atoms in total. The van der Waals surface area contributed by atoms with Gasteiger partial charge in [-0.1, -0.05) is 0 Å². The fourth-order valence-electron chi connectivity index (χ4n) is 2.27. The molecule has 0 radical (unpaired) electrons. The first-order valence-electron chi connectivity index (χ1n) is 5.97. The lowest BCUT2D eigenvalue weighted by atomic mass is 9.97. The Morgan fingerprint density at radius 1 is 1.71 bits per heavy atom. The first-order valence-corrected chi connectivity index (χ1v) is 6.34. The van der Waals surface area contributed by atoms with Crippen LogP contribution in [0.5, 0.6) is 0 Å². The van der Waals surface area contributed by atoms with Crippen molar-refractivity contribution >= 4 is 17.4 Å². The zero-order valence-corrected chi connectivity index (χ0v) is 11.7. The third kappa shape index (κ3) is 2.49. The summed E-state index contributed by atoms with van der Waals surface area (Å²) < 4.78 is 21.1. The Hall–Kier alpha value is -1.66. The molecule has 1 aliphatic heterocycles. The Kier molecular flexibility index (Phi) is 4.20. The zero-order valence-electron chi connectivity index (χ0n) is 11.0. The maximum atomic E-state index is 15.0. The lowest BCUT2D eigenvalue weighted by molar-refractivity contribution is -0.0551. The molecule has 1 aromatic rings. The first kappa shape index (κ1) is 15.7. The van der Waals surface area contributed by atoms with Gasteiger partial charge in [0.15, 0.2) is 6.23 Å². The summed E-state index contributed by atoms with van der Waals surface area (Å²) in [6, 6.07) is 1.35. The van der Waals surface area contributed by atoms with Gasteiger partial charge in [0, 0.05) is 11.1 Å². The fourth-order valence-corrected chi connectivity index (χ4v) is 2.42. The van der Waals surface area contributed by atoms with E-state index in [1.165, 1.54) is 13.0 Å². The predicted molar refractivity (Wildman–Crippen MR) is 72.1 cm³/mol. The lowest BCUT2D eigenvalue weighted by Crippen LogP contribution is -2.45. The van der Waals surface area contributed by atoms with E-state index >= 15 is 0 Å². The van der Waals surface area contributed by atoms with Gasteiger partial charge in [0.05, 0.1) is 6.61 Å². The maximum absolute atomic E-state index is 15.0. The molecule has 1 aliphatic rings. The summed E-state index contributed by atoms with van der Waals surface area (Å²) in [5.41, 5.74) is 2.18. The van der Waals surface area contributed by atoms with Crippen LogP contribution >= 0.6 is 11.6 Å². The Morgan fingerprint density at radius 3 is 2.90 bits per heavy atom. The van der Waals surface area contributed by atoms with E-state index in [1.807, 2.05) is 11.3 Å². The van der Waals surface area contributed by atoms with Gasteiger partial charge in [0.25, 0.3) is 0 Å². The number of aryl methyl sites for hydroxylation is 1. The van der Waals surface area contributed by atoms with Crippen molar-refractivity contribution in [3.63, 3.8) is 0 Å². The van der Waals surface area contributed by atoms with Crippen LogP contribution in [0.3, 0.4) is 0 Å². The molecule has 0 saturated carbocycles. The van der Waals surface area contributed by atoms with Gasteiger partial charge in [0.1, 0.15) is 18.0 Å². The van der Waals surface area contributed by atoms with E-state index in [2.05, 4.69) is 4.98 Å². The van der Waals surface area contributed by atoms with E-state index in [-0.39, 0.29) is 11.5 Å². The minimum absolute atomic E-state index is 0.0288. The van der Waals surface area contributed by atoms with Crippen LogP contribution in [0.2, 0.25) is 0 Å². The van der Waals surface area contributed by atoms with Gasteiger partial charge in [-0.15, -0.1) is 0 Å². The molecule has 0 aliphatic carbocycles. The smallest absolute Gasteiger partial charge is 0.351 e. The fraction of sp³-hybridized carbons (Fsp3) is 0.500. The molecule has 9 heteroatoms. The summed E-state index contributed by atoms with van der Waals surface area (Å²) in [6.07, 6.45) is -4.62. The molecule has 0 aromatic carbocycles. The number of aromatic nitrogens is 2. The van der Waals surface area contributed by atoms with Crippen LogP contribution < -0.4 is 11.4 Å². The number of halogens is 2. The summed E-state index contributed by atoms with van der Waals surface area (Å²) in [7, 11) is 0. The normalized spacial score (nSPS) is 31.8. The quantitative estimate of drug-likeness (QED) is 0.622. The van der Waals surface area contributed by atoms with Gasteiger partial charge in [-0.3, -0.25) is 4.57 Å². The Morgan fingerprint density at radius 2 is 2.38 bits per heavy atom. The molecule has 1 fully saturated rings. The highest BCUT2D eigenvalue weighted by molar-refractivity contribution is 6.30. The molecule has 114 valence electrons. The molecule has 4 atom stereocenters. The van der Waals surface area contributed by atoms with Crippen LogP contribution in [-0.4, -0.2) is 44.2 Å². The molecule has 0 amide bonds. The van der Waals surface area contributed by atoms with Crippen LogP contribution in [0.1, 0.15) is 11.9 Å². The average Bonchev–Trinajstić information content (AvgIpc) is 2.63. The second-order valence-corrected chi connectivity index (χ2v) is 4.81. The summed E-state index contributed by atoms with van der Waals surface area (Å²) >= 11 is 5.23. The summed E-state index contributed by atoms with van der Waals surface area (Å²) in [6.45, 7) is 0.847. The van der Waals surface area contributed by atoms with E-state index in [0.717, 1.165) is 4.57 Å². The summed E-state index contributed by atoms with van der Waals surface area (Å²) in [5, 5.41) is 20.9. The highest BCUT2D eigenvalue weighted by Crippen LogP contribution is 2.41. The molecular formula is C12H13ClFN3O4. The minimum Gasteiger partial charge on any atom is -0.394 e. The molecule has 0 bridgehead atoms. The highest BCUT2D eigenvalue weighted by Gasteiger charge is 2.58. The van der Waals surface area contributed by atoms with Crippen molar-refractivity contribution in [1.29, 1.82) is 0 Å². The number of hydrogen-bond acceptors (Lipinski definition) is 6. The van der Waals surface area contributed by atoms with Gasteiger partial charge in [-0.25, -0.2) is 9.18 Å². The number of rotatable bonds is 2. The second kappa shape index (κ2) is 5.61. The number of ether oxygens (including phenoxy) is 1. The van der Waals surface area contributed by atoms with Gasteiger partial charge >= 0.3 is 5.69 Å². The van der Waals surface area contributed by atoms with E-state index in [0.29, 0.717) is 0 Å². The van der Waals surface area contributed by atoms with Crippen LogP contribution in [0.4, 0.5) is 10.2 Å². The number of alkyl halides is 1. The number of nitrogen functional groups attached to an aromatic ring is 1. The standard InChI is InChI=1S/C12H13ClFN3O4/c1-6-4-8(15)16-11(20)17(6)10-12(14,2-3-13)9(19)7(5-18)21-10/h4,7,9-10,18-19H,5H2,1H3,(H2,15,16,20)/t7-,9?,10-,12-/m1/s1. The number of nitrogens with two attached hydrogens (primary N) is 1. The van der Waals surface area contributed by atoms with Crippen LogP contribution in [-0.2, 0) is 4.74 Å². The molecule has 2 heterocycles. The molecule has 1 saturated heterocycles. The van der Waals surface area contributed by atoms with Crippen molar-refractivity contribution in [3.05, 3.63) is 22.2 Å². The maximum Gasteiger partial charge on any atom is 0.351 e. The van der Waals surface area contributed by atoms with Gasteiger partial charge in [-0.05, 0) is 30.5 Å². The van der Waals surface area contributed by atoms with Gasteiger partial charge in [-0.2, -0.15) is 4.98 Å². The Labute approximate surface area is 124 Å². The summed E-state index contributed by atoms with van der Waals surface area (Å²) in [4.78, 5) is 15.4. The van der Waals surface area contributed by atoms with E-state index < -0.39 is 36.4 Å². The van der Waals surface area contributed by atoms with Crippen molar-refractivity contribution < 1.29 is 19.3 Å². The molecule has 2 rings (SSSR count). The van der Waals surface area contributed by atoms with E-state index in [4.69, 9.17) is 27.2 Å². The Bertz CT molecular complexity index is 671. The molecule has 1 aromatic heterocycles. The minimum atomic E-state index is -2.67. The SMILES string of the molecule is Cc1cc(N)nc(=O)n1[C@@H]1O[C@H](CO)C(O)[C@]1(F)C#CCl. The predicted octanol–water partition coefficient (Wildman–Crippen LogP) is -0.707. The topological polar surface area (TPSA) is 111 Å². The van der Waals surface area contributed by atoms with Gasteiger partial charge < -0.3 is 20.7 Å². The van der Waals surface area contributed by atoms with Crippen LogP contribution in [0.25, 0.3) is 0 Å². The largest absolute Gasteiger partial charge is 0.394 e. The zero-order chi connectivity index (χ0) is 15.8.